The van der Waals surface area contributed by atoms with Crippen LogP contribution >= 0.6 is 0 Å². The molecule has 1 saturated carbocycles. The van der Waals surface area contributed by atoms with E-state index in [-0.39, 0.29) is 29.4 Å². The number of hydrogen-bond donors (Lipinski definition) is 2. The van der Waals surface area contributed by atoms with Crippen LogP contribution in [0.2, 0.25) is 0 Å². The van der Waals surface area contributed by atoms with Gasteiger partial charge in [0.1, 0.15) is 0 Å². The van der Waals surface area contributed by atoms with E-state index in [0.29, 0.717) is 25.2 Å². The fourth-order valence-corrected chi connectivity index (χ4v) is 5.34. The molecule has 2 rings (SSSR count). The number of hydrogen-bond acceptors (Lipinski definition) is 4. The summed E-state index contributed by atoms with van der Waals surface area (Å²) in [5.74, 6) is -0.0261. The Hall–Kier alpha value is -0.620. The highest BCUT2D eigenvalue weighted by Gasteiger charge is 2.39. The topological polar surface area (TPSA) is 83.5 Å². The number of carbonyl (C=O) groups excluding carboxylic acids is 1. The summed E-state index contributed by atoms with van der Waals surface area (Å²) in [5.41, 5.74) is -0.586. The van der Waals surface area contributed by atoms with Gasteiger partial charge in [-0.1, -0.05) is 20.8 Å². The highest BCUT2D eigenvalue weighted by molar-refractivity contribution is 7.91. The van der Waals surface area contributed by atoms with Gasteiger partial charge in [0, 0.05) is 6.54 Å². The summed E-state index contributed by atoms with van der Waals surface area (Å²) in [7, 11) is -3.05. The second kappa shape index (κ2) is 6.11. The van der Waals surface area contributed by atoms with Crippen LogP contribution in [0, 0.1) is 17.3 Å². The molecule has 1 atom stereocenters. The van der Waals surface area contributed by atoms with E-state index in [4.69, 9.17) is 0 Å². The number of carbonyl (C=O) groups is 1. The van der Waals surface area contributed by atoms with Crippen LogP contribution in [-0.2, 0) is 14.6 Å². The van der Waals surface area contributed by atoms with Gasteiger partial charge >= 0.3 is 0 Å². The Kier molecular flexibility index (Phi) is 4.93. The van der Waals surface area contributed by atoms with Crippen LogP contribution in [0.4, 0.5) is 0 Å². The minimum atomic E-state index is -3.05. The van der Waals surface area contributed by atoms with Gasteiger partial charge in [0.25, 0.3) is 0 Å². The number of amides is 1. The van der Waals surface area contributed by atoms with Gasteiger partial charge in [-0.25, -0.2) is 8.42 Å². The van der Waals surface area contributed by atoms with E-state index in [0.717, 1.165) is 12.8 Å². The molecule has 1 saturated heterocycles. The zero-order valence-corrected chi connectivity index (χ0v) is 14.7. The SMILES string of the molecule is CC(C)(C)C1CCC(O)(CNC(=O)[C@@H]2CCS(=O)(=O)C2)CC1. The first-order valence-electron chi connectivity index (χ1n) is 8.21. The minimum absolute atomic E-state index is 0.0522. The quantitative estimate of drug-likeness (QED) is 0.821. The lowest BCUT2D eigenvalue weighted by Crippen LogP contribution is -2.47. The molecule has 2 aliphatic rings. The molecule has 6 heteroatoms. The van der Waals surface area contributed by atoms with Gasteiger partial charge in [-0.15, -0.1) is 0 Å². The lowest BCUT2D eigenvalue weighted by Gasteiger charge is -2.41. The van der Waals surface area contributed by atoms with E-state index in [1.54, 1.807) is 0 Å². The average molecular weight is 331 g/mol. The van der Waals surface area contributed by atoms with Crippen LogP contribution in [0.5, 0.6) is 0 Å². The van der Waals surface area contributed by atoms with E-state index >= 15 is 0 Å². The third-order valence-corrected chi connectivity index (χ3v) is 7.10. The Balaban J connectivity index is 1.81. The minimum Gasteiger partial charge on any atom is -0.388 e. The third kappa shape index (κ3) is 4.44. The lowest BCUT2D eigenvalue weighted by molar-refractivity contribution is -0.126. The fraction of sp³-hybridized carbons (Fsp3) is 0.938. The molecule has 0 aromatic heterocycles. The Morgan fingerprint density at radius 1 is 1.23 bits per heavy atom. The van der Waals surface area contributed by atoms with Gasteiger partial charge in [0.15, 0.2) is 9.84 Å². The lowest BCUT2D eigenvalue weighted by atomic mass is 9.68. The largest absolute Gasteiger partial charge is 0.388 e. The maximum Gasteiger partial charge on any atom is 0.224 e. The van der Waals surface area contributed by atoms with Crippen molar-refractivity contribution in [3.05, 3.63) is 0 Å². The molecule has 5 nitrogen and oxygen atoms in total. The Morgan fingerprint density at radius 2 is 1.82 bits per heavy atom. The molecular formula is C16H29NO4S. The van der Waals surface area contributed by atoms with Gasteiger partial charge in [0.2, 0.25) is 5.91 Å². The normalized spacial score (nSPS) is 35.3. The molecule has 22 heavy (non-hydrogen) atoms. The summed E-state index contributed by atoms with van der Waals surface area (Å²) in [5, 5.41) is 13.4. The molecule has 1 amide bonds. The monoisotopic (exact) mass is 331 g/mol. The number of rotatable bonds is 3. The van der Waals surface area contributed by atoms with Crippen molar-refractivity contribution in [1.29, 1.82) is 0 Å². The molecule has 128 valence electrons. The molecule has 1 aliphatic carbocycles. The maximum atomic E-state index is 12.1. The van der Waals surface area contributed by atoms with Gasteiger partial charge in [0.05, 0.1) is 23.0 Å². The molecule has 2 N–H and O–H groups in total. The van der Waals surface area contributed by atoms with Crippen LogP contribution in [0.3, 0.4) is 0 Å². The summed E-state index contributed by atoms with van der Waals surface area (Å²) in [6, 6.07) is 0. The van der Waals surface area contributed by atoms with Gasteiger partial charge in [-0.05, 0) is 43.4 Å². The van der Waals surface area contributed by atoms with Crippen molar-refractivity contribution in [2.45, 2.75) is 58.5 Å². The predicted molar refractivity (Wildman–Crippen MR) is 86.1 cm³/mol. The van der Waals surface area contributed by atoms with E-state index < -0.39 is 21.4 Å². The molecule has 0 aromatic rings. The van der Waals surface area contributed by atoms with Gasteiger partial charge < -0.3 is 10.4 Å². The van der Waals surface area contributed by atoms with Crippen molar-refractivity contribution in [2.24, 2.45) is 17.3 Å². The Labute approximate surface area is 133 Å². The molecule has 0 aromatic carbocycles. The Bertz CT molecular complexity index is 513. The smallest absolute Gasteiger partial charge is 0.224 e. The number of aliphatic hydroxyl groups is 1. The summed E-state index contributed by atoms with van der Waals surface area (Å²) in [6.45, 7) is 6.91. The highest BCUT2D eigenvalue weighted by atomic mass is 32.2. The molecule has 1 aliphatic heterocycles. The number of nitrogens with one attached hydrogen (secondary N) is 1. The molecule has 1 heterocycles. The van der Waals surface area contributed by atoms with Crippen molar-refractivity contribution < 1.29 is 18.3 Å². The van der Waals surface area contributed by atoms with Crippen LogP contribution in [0.15, 0.2) is 0 Å². The van der Waals surface area contributed by atoms with Crippen molar-refractivity contribution >= 4 is 15.7 Å². The molecule has 0 spiro atoms. The van der Waals surface area contributed by atoms with Gasteiger partial charge in [-0.3, -0.25) is 4.79 Å². The van der Waals surface area contributed by atoms with Crippen molar-refractivity contribution in [1.82, 2.24) is 5.32 Å². The van der Waals surface area contributed by atoms with E-state index in [9.17, 15) is 18.3 Å². The second-order valence-electron chi connectivity index (χ2n) is 8.18. The molecular weight excluding hydrogens is 302 g/mol. The maximum absolute atomic E-state index is 12.1. The summed E-state index contributed by atoms with van der Waals surface area (Å²) >= 11 is 0. The zero-order chi connectivity index (χ0) is 16.6. The first-order valence-corrected chi connectivity index (χ1v) is 10.0. The average Bonchev–Trinajstić information content (AvgIpc) is 2.76. The zero-order valence-electron chi connectivity index (χ0n) is 13.9. The van der Waals surface area contributed by atoms with Crippen LogP contribution in [-0.4, -0.2) is 43.1 Å². The van der Waals surface area contributed by atoms with Gasteiger partial charge in [-0.2, -0.15) is 0 Å². The molecule has 0 bridgehead atoms. The van der Waals surface area contributed by atoms with Crippen molar-refractivity contribution in [3.63, 3.8) is 0 Å². The van der Waals surface area contributed by atoms with E-state index in [1.165, 1.54) is 0 Å². The summed E-state index contributed by atoms with van der Waals surface area (Å²) < 4.78 is 22.8. The second-order valence-corrected chi connectivity index (χ2v) is 10.4. The van der Waals surface area contributed by atoms with E-state index in [2.05, 4.69) is 26.1 Å². The van der Waals surface area contributed by atoms with Crippen molar-refractivity contribution in [2.75, 3.05) is 18.1 Å². The predicted octanol–water partition coefficient (Wildman–Crippen LogP) is 1.50. The van der Waals surface area contributed by atoms with Crippen molar-refractivity contribution in [3.8, 4) is 0 Å². The summed E-state index contributed by atoms with van der Waals surface area (Å²) in [6.07, 6.45) is 3.72. The summed E-state index contributed by atoms with van der Waals surface area (Å²) in [4.78, 5) is 12.1. The van der Waals surface area contributed by atoms with Crippen LogP contribution in [0.1, 0.15) is 52.9 Å². The van der Waals surface area contributed by atoms with E-state index in [1.807, 2.05) is 0 Å². The highest BCUT2D eigenvalue weighted by Crippen LogP contribution is 2.41. The Morgan fingerprint density at radius 3 is 2.27 bits per heavy atom. The standard InChI is InChI=1S/C16H29NO4S/c1-15(2,3)13-4-7-16(19,8-5-13)11-17-14(18)12-6-9-22(20,21)10-12/h12-13,19H,4-11H2,1-3H3,(H,17,18)/t12-,13?,16?/m1/s1. The molecule has 2 fully saturated rings. The van der Waals surface area contributed by atoms with Crippen LogP contribution < -0.4 is 5.32 Å². The molecule has 0 unspecified atom stereocenters. The first-order chi connectivity index (χ1) is 10.0. The number of sulfone groups is 1. The first kappa shape index (κ1) is 17.7. The third-order valence-electron chi connectivity index (χ3n) is 5.34. The fourth-order valence-electron chi connectivity index (χ4n) is 3.60. The molecule has 0 radical (unpaired) electrons. The van der Waals surface area contributed by atoms with Crippen LogP contribution in [0.25, 0.3) is 0 Å².